The normalized spacial score (nSPS) is 24.0. The average Bonchev–Trinajstić information content (AvgIpc) is 2.53. The summed E-state index contributed by atoms with van der Waals surface area (Å²) in [6.45, 7) is 0. The van der Waals surface area contributed by atoms with Crippen LogP contribution in [0, 0.1) is 5.92 Å². The Labute approximate surface area is 135 Å². The van der Waals surface area contributed by atoms with Crippen LogP contribution in [0.25, 0.3) is 0 Å². The molecule has 2 aliphatic carbocycles. The van der Waals surface area contributed by atoms with Gasteiger partial charge in [0.25, 0.3) is 0 Å². The molecular formula is C19H20O4. The van der Waals surface area contributed by atoms with Crippen molar-refractivity contribution in [3.63, 3.8) is 0 Å². The Bertz CT molecular complexity index is 644. The highest BCUT2D eigenvalue weighted by Gasteiger charge is 2.13. The summed E-state index contributed by atoms with van der Waals surface area (Å²) < 4.78 is 0. The van der Waals surface area contributed by atoms with E-state index in [9.17, 15) is 19.8 Å². The molecule has 0 saturated heterocycles. The van der Waals surface area contributed by atoms with Gasteiger partial charge in [-0.25, -0.2) is 0 Å². The maximum Gasteiger partial charge on any atom is 0.163 e. The van der Waals surface area contributed by atoms with E-state index < -0.39 is 6.10 Å². The first-order valence-corrected chi connectivity index (χ1v) is 7.61. The topological polar surface area (TPSA) is 74.6 Å². The van der Waals surface area contributed by atoms with Gasteiger partial charge in [-0.15, -0.1) is 0 Å². The third-order valence-electron chi connectivity index (χ3n) is 3.61. The van der Waals surface area contributed by atoms with Crippen LogP contribution in [0.3, 0.4) is 0 Å². The molecule has 0 bridgehead atoms. The number of aliphatic hydroxyl groups excluding tert-OH is 2. The molecule has 2 atom stereocenters. The smallest absolute Gasteiger partial charge is 0.163 e. The van der Waals surface area contributed by atoms with Crippen LogP contribution in [0.1, 0.15) is 19.3 Å². The fraction of sp³-hybridized carbons (Fsp3) is 0.263. The van der Waals surface area contributed by atoms with Crippen LogP contribution in [-0.4, -0.2) is 27.9 Å². The molecule has 120 valence electrons. The molecule has 2 N–H and O–H groups in total. The van der Waals surface area contributed by atoms with Crippen LogP contribution in [0.2, 0.25) is 0 Å². The van der Waals surface area contributed by atoms with E-state index in [0.717, 1.165) is 12.8 Å². The molecular weight excluding hydrogens is 292 g/mol. The van der Waals surface area contributed by atoms with Crippen molar-refractivity contribution < 1.29 is 19.8 Å². The Morgan fingerprint density at radius 2 is 1.78 bits per heavy atom. The van der Waals surface area contributed by atoms with Crippen molar-refractivity contribution >= 4 is 11.6 Å². The summed E-state index contributed by atoms with van der Waals surface area (Å²) in [7, 11) is 0. The standard InChI is InChI=1S/C19H20O4/c20-16(11-9-14-5-1-3-7-18(14)22)13-17(21)12-10-15-6-2-4-8-19(15)23/h1,3,5-12,14,18,22-23H,2,4,13H2/b11-9+,12-10+. The minimum Gasteiger partial charge on any atom is -0.508 e. The first-order chi connectivity index (χ1) is 11.1. The Hall–Kier alpha value is -2.46. The number of aliphatic hydroxyl groups is 2. The fourth-order valence-corrected chi connectivity index (χ4v) is 2.32. The van der Waals surface area contributed by atoms with Crippen molar-refractivity contribution in [2.45, 2.75) is 25.4 Å². The van der Waals surface area contributed by atoms with Gasteiger partial charge in [0, 0.05) is 11.5 Å². The molecule has 0 aliphatic heterocycles. The highest BCUT2D eigenvalue weighted by atomic mass is 16.3. The number of allylic oxidation sites excluding steroid dienone is 7. The third-order valence-corrected chi connectivity index (χ3v) is 3.61. The Kier molecular flexibility index (Phi) is 6.06. The zero-order valence-electron chi connectivity index (χ0n) is 12.8. The Balaban J connectivity index is 1.84. The molecule has 2 unspecified atom stereocenters. The van der Waals surface area contributed by atoms with Crippen LogP contribution >= 0.6 is 0 Å². The fourth-order valence-electron chi connectivity index (χ4n) is 2.32. The molecule has 4 nitrogen and oxygen atoms in total. The van der Waals surface area contributed by atoms with Crippen molar-refractivity contribution in [1.82, 2.24) is 0 Å². The van der Waals surface area contributed by atoms with Gasteiger partial charge >= 0.3 is 0 Å². The predicted octanol–water partition coefficient (Wildman–Crippen LogP) is 2.89. The average molecular weight is 312 g/mol. The minimum absolute atomic E-state index is 0.164. The van der Waals surface area contributed by atoms with Crippen molar-refractivity contribution in [2.75, 3.05) is 0 Å². The summed E-state index contributed by atoms with van der Waals surface area (Å²) in [5.74, 6) is -0.715. The second kappa shape index (κ2) is 8.25. The third kappa shape index (κ3) is 5.34. The van der Waals surface area contributed by atoms with Crippen molar-refractivity contribution in [2.24, 2.45) is 5.92 Å². The molecule has 0 spiro atoms. The molecule has 0 amide bonds. The van der Waals surface area contributed by atoms with Crippen LogP contribution in [0.5, 0.6) is 0 Å². The maximum absolute atomic E-state index is 11.8. The van der Waals surface area contributed by atoms with E-state index in [1.165, 1.54) is 18.2 Å². The number of carbonyl (C=O) groups is 2. The van der Waals surface area contributed by atoms with E-state index >= 15 is 0 Å². The molecule has 0 fully saturated rings. The van der Waals surface area contributed by atoms with Gasteiger partial charge in [0.1, 0.15) is 5.76 Å². The largest absolute Gasteiger partial charge is 0.508 e. The molecule has 23 heavy (non-hydrogen) atoms. The van der Waals surface area contributed by atoms with Crippen molar-refractivity contribution in [3.05, 3.63) is 72.1 Å². The van der Waals surface area contributed by atoms with Crippen LogP contribution < -0.4 is 0 Å². The molecule has 0 radical (unpaired) electrons. The Morgan fingerprint density at radius 3 is 2.52 bits per heavy atom. The summed E-state index contributed by atoms with van der Waals surface area (Å²) in [5, 5.41) is 19.3. The highest BCUT2D eigenvalue weighted by molar-refractivity contribution is 6.08. The van der Waals surface area contributed by atoms with Crippen LogP contribution in [0.4, 0.5) is 0 Å². The summed E-state index contributed by atoms with van der Waals surface area (Å²) in [6.07, 6.45) is 17.1. The van der Waals surface area contributed by atoms with E-state index in [4.69, 9.17) is 0 Å². The molecule has 2 aliphatic rings. The van der Waals surface area contributed by atoms with E-state index in [0.29, 0.717) is 5.57 Å². The number of rotatable bonds is 6. The number of carbonyl (C=O) groups excluding carboxylic acids is 2. The summed E-state index contributed by atoms with van der Waals surface area (Å²) >= 11 is 0. The summed E-state index contributed by atoms with van der Waals surface area (Å²) in [4.78, 5) is 23.6. The van der Waals surface area contributed by atoms with Gasteiger partial charge < -0.3 is 10.2 Å². The van der Waals surface area contributed by atoms with Crippen LogP contribution in [-0.2, 0) is 9.59 Å². The van der Waals surface area contributed by atoms with Gasteiger partial charge in [-0.2, -0.15) is 0 Å². The lowest BCUT2D eigenvalue weighted by Gasteiger charge is -2.14. The maximum atomic E-state index is 11.8. The lowest BCUT2D eigenvalue weighted by molar-refractivity contribution is -0.121. The SMILES string of the molecule is O=C(/C=C/C1=CCCC=C1O)CC(=O)/C=C/C1C=CC=CC1O. The molecule has 0 heterocycles. The molecule has 0 aromatic carbocycles. The van der Waals surface area contributed by atoms with E-state index in [1.807, 2.05) is 6.08 Å². The zero-order valence-corrected chi connectivity index (χ0v) is 12.8. The first-order valence-electron chi connectivity index (χ1n) is 7.61. The lowest BCUT2D eigenvalue weighted by atomic mass is 9.96. The monoisotopic (exact) mass is 312 g/mol. The zero-order chi connectivity index (χ0) is 16.7. The first kappa shape index (κ1) is 16.9. The molecule has 0 aromatic heterocycles. The van der Waals surface area contributed by atoms with Crippen molar-refractivity contribution in [1.29, 1.82) is 0 Å². The van der Waals surface area contributed by atoms with Gasteiger partial charge in [0.05, 0.1) is 12.5 Å². The van der Waals surface area contributed by atoms with Gasteiger partial charge in [0.15, 0.2) is 11.6 Å². The lowest BCUT2D eigenvalue weighted by Crippen LogP contribution is -2.16. The number of ketones is 2. The summed E-state index contributed by atoms with van der Waals surface area (Å²) in [5.41, 5.74) is 0.606. The second-order valence-corrected chi connectivity index (χ2v) is 5.47. The van der Waals surface area contributed by atoms with Gasteiger partial charge in [-0.3, -0.25) is 9.59 Å². The minimum atomic E-state index is -0.646. The molecule has 4 heteroatoms. The molecule has 0 aromatic rings. The van der Waals surface area contributed by atoms with E-state index in [-0.39, 0.29) is 29.7 Å². The van der Waals surface area contributed by atoms with Gasteiger partial charge in [0.2, 0.25) is 0 Å². The van der Waals surface area contributed by atoms with Crippen molar-refractivity contribution in [3.8, 4) is 0 Å². The summed E-state index contributed by atoms with van der Waals surface area (Å²) in [6, 6.07) is 0. The number of hydrogen-bond acceptors (Lipinski definition) is 4. The van der Waals surface area contributed by atoms with E-state index in [1.54, 1.807) is 36.5 Å². The molecule has 2 rings (SSSR count). The number of hydrogen-bond donors (Lipinski definition) is 2. The van der Waals surface area contributed by atoms with Gasteiger partial charge in [-0.1, -0.05) is 36.5 Å². The van der Waals surface area contributed by atoms with Gasteiger partial charge in [-0.05, 0) is 37.1 Å². The quantitative estimate of drug-likeness (QED) is 0.584. The molecule has 0 saturated carbocycles. The van der Waals surface area contributed by atoms with Crippen LogP contribution in [0.15, 0.2) is 72.1 Å². The van der Waals surface area contributed by atoms with E-state index in [2.05, 4.69) is 0 Å². The predicted molar refractivity (Wildman–Crippen MR) is 88.7 cm³/mol. The second-order valence-electron chi connectivity index (χ2n) is 5.47. The Morgan fingerprint density at radius 1 is 1.09 bits per heavy atom. The highest BCUT2D eigenvalue weighted by Crippen LogP contribution is 2.17.